The molecule has 0 saturated carbocycles. The first-order chi connectivity index (χ1) is 16.5. The first kappa shape index (κ1) is 20.3. The van der Waals surface area contributed by atoms with Crippen LogP contribution in [0.5, 0.6) is 0 Å². The molecule has 5 heterocycles. The van der Waals surface area contributed by atoms with E-state index in [9.17, 15) is 14.4 Å². The highest BCUT2D eigenvalue weighted by molar-refractivity contribution is 5.87. The first-order valence-electron chi connectivity index (χ1n) is 10.7. The van der Waals surface area contributed by atoms with Crippen molar-refractivity contribution >= 4 is 16.6 Å². The molecule has 0 bridgehead atoms. The molecule has 5 aromatic rings. The molecule has 1 aliphatic heterocycles. The van der Waals surface area contributed by atoms with Crippen LogP contribution in [0.1, 0.15) is 24.2 Å². The van der Waals surface area contributed by atoms with E-state index in [-0.39, 0.29) is 46.7 Å². The third kappa shape index (κ3) is 3.03. The number of nitriles is 1. The Bertz CT molecular complexity index is 1660. The summed E-state index contributed by atoms with van der Waals surface area (Å²) in [7, 11) is 0. The van der Waals surface area contributed by atoms with Gasteiger partial charge in [-0.25, -0.2) is 9.37 Å². The van der Waals surface area contributed by atoms with Gasteiger partial charge in [0.1, 0.15) is 40.7 Å². The van der Waals surface area contributed by atoms with Crippen molar-refractivity contribution in [3.63, 3.8) is 0 Å². The summed E-state index contributed by atoms with van der Waals surface area (Å²) in [5.74, 6) is 0.640. The van der Waals surface area contributed by atoms with Gasteiger partial charge in [-0.2, -0.15) is 10.2 Å². The van der Waals surface area contributed by atoms with Gasteiger partial charge in [0.15, 0.2) is 5.76 Å². The molecule has 170 valence electrons. The molecular weight excluding hydrogens is 443 g/mol. The van der Waals surface area contributed by atoms with Crippen molar-refractivity contribution in [2.24, 2.45) is 0 Å². The minimum atomic E-state index is -0.702. The molecule has 1 aliphatic rings. The molecular formula is C23H17FN6O4. The van der Waals surface area contributed by atoms with Gasteiger partial charge in [-0.1, -0.05) is 5.16 Å². The van der Waals surface area contributed by atoms with E-state index >= 15 is 0 Å². The van der Waals surface area contributed by atoms with Crippen LogP contribution < -0.4 is 5.56 Å². The number of aryl methyl sites for hydroxylation is 1. The molecule has 10 nitrogen and oxygen atoms in total. The van der Waals surface area contributed by atoms with Crippen molar-refractivity contribution in [3.05, 3.63) is 58.1 Å². The number of imidazole rings is 1. The molecule has 4 aromatic heterocycles. The summed E-state index contributed by atoms with van der Waals surface area (Å²) < 4.78 is 34.0. The molecule has 0 radical (unpaired) electrons. The van der Waals surface area contributed by atoms with Crippen LogP contribution in [0.25, 0.3) is 39.7 Å². The van der Waals surface area contributed by atoms with Gasteiger partial charge >= 0.3 is 0 Å². The Morgan fingerprint density at radius 2 is 2.15 bits per heavy atom. The van der Waals surface area contributed by atoms with Gasteiger partial charge in [0.25, 0.3) is 11.4 Å². The van der Waals surface area contributed by atoms with Gasteiger partial charge in [0.2, 0.25) is 5.82 Å². The number of rotatable bonds is 4. The fourth-order valence-electron chi connectivity index (χ4n) is 4.39. The lowest BCUT2D eigenvalue weighted by Gasteiger charge is -2.17. The summed E-state index contributed by atoms with van der Waals surface area (Å²) in [6.45, 7) is 2.57. The predicted molar refractivity (Wildman–Crippen MR) is 116 cm³/mol. The van der Waals surface area contributed by atoms with Gasteiger partial charge in [-0.05, 0) is 44.0 Å². The molecule has 1 atom stereocenters. The quantitative estimate of drug-likeness (QED) is 0.399. The Balaban J connectivity index is 1.60. The number of hydrogen-bond donors (Lipinski definition) is 0. The van der Waals surface area contributed by atoms with Crippen LogP contribution in [0.2, 0.25) is 0 Å². The van der Waals surface area contributed by atoms with Crippen LogP contribution in [0.15, 0.2) is 44.3 Å². The number of furan rings is 1. The average Bonchev–Trinajstić information content (AvgIpc) is 3.63. The Labute approximate surface area is 190 Å². The molecule has 1 unspecified atom stereocenters. The number of benzene rings is 1. The maximum Gasteiger partial charge on any atom is 0.293 e. The van der Waals surface area contributed by atoms with Crippen LogP contribution in [0, 0.1) is 24.1 Å². The Hall–Kier alpha value is -4.30. The van der Waals surface area contributed by atoms with Gasteiger partial charge < -0.3 is 18.2 Å². The summed E-state index contributed by atoms with van der Waals surface area (Å²) >= 11 is 0. The normalized spacial score (nSPS) is 16.0. The monoisotopic (exact) mass is 460 g/mol. The van der Waals surface area contributed by atoms with Crippen LogP contribution >= 0.6 is 0 Å². The molecule has 11 heteroatoms. The van der Waals surface area contributed by atoms with Gasteiger partial charge in [0.05, 0.1) is 23.7 Å². The van der Waals surface area contributed by atoms with Crippen molar-refractivity contribution in [2.45, 2.75) is 32.4 Å². The van der Waals surface area contributed by atoms with E-state index in [1.165, 1.54) is 27.4 Å². The van der Waals surface area contributed by atoms with Crippen molar-refractivity contribution < 1.29 is 18.1 Å². The van der Waals surface area contributed by atoms with Gasteiger partial charge in [-0.3, -0.25) is 9.20 Å². The fourth-order valence-corrected chi connectivity index (χ4v) is 4.39. The lowest BCUT2D eigenvalue weighted by molar-refractivity contribution is 0.0972. The van der Waals surface area contributed by atoms with Crippen LogP contribution in [-0.2, 0) is 11.3 Å². The first-order valence-corrected chi connectivity index (χ1v) is 10.7. The number of nitrogens with zero attached hydrogens (tertiary/aromatic N) is 6. The van der Waals surface area contributed by atoms with Crippen LogP contribution in [-0.4, -0.2) is 36.8 Å². The number of ether oxygens (including phenoxy) is 1. The number of hydrogen-bond acceptors (Lipinski definition) is 8. The highest BCUT2D eigenvalue weighted by atomic mass is 19.1. The zero-order valence-electron chi connectivity index (χ0n) is 18.0. The van der Waals surface area contributed by atoms with Crippen LogP contribution in [0.3, 0.4) is 0 Å². The summed E-state index contributed by atoms with van der Waals surface area (Å²) in [4.78, 5) is 22.5. The Kier molecular flexibility index (Phi) is 4.56. The zero-order valence-corrected chi connectivity index (χ0v) is 18.0. The second kappa shape index (κ2) is 7.64. The molecule has 1 fully saturated rings. The second-order valence-corrected chi connectivity index (χ2v) is 8.10. The summed E-state index contributed by atoms with van der Waals surface area (Å²) in [6, 6.07) is 8.09. The number of aromatic nitrogens is 5. The molecule has 0 aliphatic carbocycles. The van der Waals surface area contributed by atoms with E-state index in [0.717, 1.165) is 12.8 Å². The number of halogens is 1. The minimum absolute atomic E-state index is 0.106. The van der Waals surface area contributed by atoms with Crippen molar-refractivity contribution in [1.82, 2.24) is 24.1 Å². The van der Waals surface area contributed by atoms with Gasteiger partial charge in [-0.15, -0.1) is 0 Å². The molecule has 1 saturated heterocycles. The van der Waals surface area contributed by atoms with E-state index in [0.29, 0.717) is 23.6 Å². The molecule has 0 N–H and O–H groups in total. The second-order valence-electron chi connectivity index (χ2n) is 8.10. The molecule has 34 heavy (non-hydrogen) atoms. The van der Waals surface area contributed by atoms with E-state index in [4.69, 9.17) is 13.7 Å². The topological polar surface area (TPSA) is 124 Å². The van der Waals surface area contributed by atoms with Crippen molar-refractivity contribution in [3.8, 4) is 29.2 Å². The van der Waals surface area contributed by atoms with E-state index in [1.54, 1.807) is 19.1 Å². The molecule has 6 rings (SSSR count). The zero-order chi connectivity index (χ0) is 23.4. The lowest BCUT2D eigenvalue weighted by Crippen LogP contribution is -2.29. The maximum atomic E-state index is 14.5. The summed E-state index contributed by atoms with van der Waals surface area (Å²) in [5, 5.41) is 13.6. The fraction of sp³-hybridized carbons (Fsp3) is 0.261. The Morgan fingerprint density at radius 1 is 1.26 bits per heavy atom. The van der Waals surface area contributed by atoms with Crippen molar-refractivity contribution in [1.29, 1.82) is 5.26 Å². The minimum Gasteiger partial charge on any atom is -0.456 e. The number of fused-ring (bicyclic) bond motifs is 3. The third-order valence-corrected chi connectivity index (χ3v) is 5.96. The maximum absolute atomic E-state index is 14.5. The summed E-state index contributed by atoms with van der Waals surface area (Å²) in [5.41, 5.74) is 0.365. The largest absolute Gasteiger partial charge is 0.456 e. The molecule has 0 spiro atoms. The van der Waals surface area contributed by atoms with E-state index in [1.807, 2.05) is 6.07 Å². The SMILES string of the molecule is Cc1ccc(-c2nc(-c3ncn4c3c(=O)n(CC3CCCO3)c3c(C#N)c(F)ccc34)no2)o1. The highest BCUT2D eigenvalue weighted by Gasteiger charge is 2.26. The van der Waals surface area contributed by atoms with Gasteiger partial charge in [0, 0.05) is 6.61 Å². The smallest absolute Gasteiger partial charge is 0.293 e. The lowest BCUT2D eigenvalue weighted by atomic mass is 10.1. The van der Waals surface area contributed by atoms with Crippen molar-refractivity contribution in [2.75, 3.05) is 6.61 Å². The third-order valence-electron chi connectivity index (χ3n) is 5.96. The van der Waals surface area contributed by atoms with E-state index in [2.05, 4.69) is 15.1 Å². The molecule has 1 aromatic carbocycles. The standard InChI is InChI=1S/C23H17FN6O4/c1-12-4-7-17(33-12)22-27-21(28-34-22)18-20-23(31)29(10-13-3-2-8-32-13)19-14(9-25)15(24)5-6-16(19)30(20)11-26-18/h4-7,11,13H,2-3,8,10H2,1H3. The van der Waals surface area contributed by atoms with E-state index < -0.39 is 11.4 Å². The van der Waals surface area contributed by atoms with Crippen LogP contribution in [0.4, 0.5) is 4.39 Å². The Morgan fingerprint density at radius 3 is 2.88 bits per heavy atom. The predicted octanol–water partition coefficient (Wildman–Crippen LogP) is 3.46. The average molecular weight is 460 g/mol. The molecule has 0 amide bonds. The summed E-state index contributed by atoms with van der Waals surface area (Å²) in [6.07, 6.45) is 2.84. The highest BCUT2D eigenvalue weighted by Crippen LogP contribution is 2.28.